The molecule has 0 fully saturated rings. The molecule has 0 aliphatic heterocycles. The number of halogens is 1. The van der Waals surface area contributed by atoms with Crippen molar-refractivity contribution >= 4 is 33.3 Å². The van der Waals surface area contributed by atoms with Gasteiger partial charge in [-0.15, -0.1) is 0 Å². The van der Waals surface area contributed by atoms with Gasteiger partial charge in [-0.1, -0.05) is 0 Å². The SMILES string of the molecule is COc1ncc(NC(=O)Nc2cnc(C)c(Br)c2[C@H](C)OC)cc1C#N. The molecule has 0 aliphatic carbocycles. The lowest BCUT2D eigenvalue weighted by Gasteiger charge is -2.18. The number of aromatic nitrogens is 2. The maximum Gasteiger partial charge on any atom is 0.323 e. The fourth-order valence-electron chi connectivity index (χ4n) is 2.26. The molecule has 2 aromatic heterocycles. The molecule has 2 aromatic rings. The van der Waals surface area contributed by atoms with E-state index in [1.165, 1.54) is 19.4 Å². The molecule has 0 spiro atoms. The summed E-state index contributed by atoms with van der Waals surface area (Å²) in [7, 11) is 3.01. The third-order valence-electron chi connectivity index (χ3n) is 3.66. The quantitative estimate of drug-likeness (QED) is 0.762. The van der Waals surface area contributed by atoms with E-state index in [1.54, 1.807) is 13.3 Å². The molecule has 2 N–H and O–H groups in total. The summed E-state index contributed by atoms with van der Waals surface area (Å²) < 4.78 is 11.1. The van der Waals surface area contributed by atoms with Crippen LogP contribution >= 0.6 is 15.9 Å². The number of nitrogens with zero attached hydrogens (tertiary/aromatic N) is 3. The molecule has 1 atom stereocenters. The molecule has 0 aliphatic rings. The van der Waals surface area contributed by atoms with Crippen LogP contribution in [0.4, 0.5) is 16.2 Å². The number of nitrogens with one attached hydrogen (secondary N) is 2. The summed E-state index contributed by atoms with van der Waals surface area (Å²) in [6.45, 7) is 3.72. The van der Waals surface area contributed by atoms with Crippen LogP contribution in [0.5, 0.6) is 5.88 Å². The van der Waals surface area contributed by atoms with Crippen LogP contribution in [-0.2, 0) is 4.74 Å². The van der Waals surface area contributed by atoms with E-state index in [0.717, 1.165) is 15.7 Å². The largest absolute Gasteiger partial charge is 0.480 e. The highest BCUT2D eigenvalue weighted by Gasteiger charge is 2.18. The minimum Gasteiger partial charge on any atom is -0.480 e. The van der Waals surface area contributed by atoms with Crippen molar-refractivity contribution in [1.29, 1.82) is 5.26 Å². The van der Waals surface area contributed by atoms with Gasteiger partial charge in [0.2, 0.25) is 5.88 Å². The zero-order chi connectivity index (χ0) is 19.3. The van der Waals surface area contributed by atoms with Crippen LogP contribution < -0.4 is 15.4 Å². The minimum absolute atomic E-state index is 0.196. The van der Waals surface area contributed by atoms with Crippen molar-refractivity contribution in [3.05, 3.63) is 39.8 Å². The maximum atomic E-state index is 12.3. The van der Waals surface area contributed by atoms with E-state index in [1.807, 2.05) is 19.9 Å². The van der Waals surface area contributed by atoms with E-state index < -0.39 is 6.03 Å². The first kappa shape index (κ1) is 19.6. The molecule has 0 aromatic carbocycles. The van der Waals surface area contributed by atoms with E-state index in [9.17, 15) is 4.79 Å². The molecule has 2 heterocycles. The molecule has 8 nitrogen and oxygen atoms in total. The van der Waals surface area contributed by atoms with Gasteiger partial charge in [0.15, 0.2) is 0 Å². The number of anilines is 2. The Morgan fingerprint density at radius 2 is 2.04 bits per heavy atom. The summed E-state index contributed by atoms with van der Waals surface area (Å²) in [5.74, 6) is 0.196. The molecule has 0 saturated carbocycles. The van der Waals surface area contributed by atoms with Crippen molar-refractivity contribution in [3.8, 4) is 11.9 Å². The van der Waals surface area contributed by atoms with Gasteiger partial charge in [0.1, 0.15) is 11.6 Å². The molecule has 0 radical (unpaired) electrons. The molecule has 0 bridgehead atoms. The van der Waals surface area contributed by atoms with Crippen molar-refractivity contribution in [2.24, 2.45) is 0 Å². The first-order valence-electron chi connectivity index (χ1n) is 7.61. The Labute approximate surface area is 159 Å². The second-order valence-corrected chi connectivity index (χ2v) is 6.13. The van der Waals surface area contributed by atoms with E-state index >= 15 is 0 Å². The second kappa shape index (κ2) is 8.60. The molecular weight excluding hydrogens is 402 g/mol. The van der Waals surface area contributed by atoms with Gasteiger partial charge in [0, 0.05) is 17.1 Å². The molecule has 9 heteroatoms. The number of carbonyl (C=O) groups excluding carboxylic acids is 1. The molecule has 0 saturated heterocycles. The Hall–Kier alpha value is -2.70. The van der Waals surface area contributed by atoms with Crippen molar-refractivity contribution in [2.45, 2.75) is 20.0 Å². The zero-order valence-corrected chi connectivity index (χ0v) is 16.3. The summed E-state index contributed by atoms with van der Waals surface area (Å²) in [5.41, 5.74) is 2.66. The monoisotopic (exact) mass is 419 g/mol. The van der Waals surface area contributed by atoms with Crippen LogP contribution in [0.25, 0.3) is 0 Å². The van der Waals surface area contributed by atoms with E-state index in [2.05, 4.69) is 36.5 Å². The highest BCUT2D eigenvalue weighted by Crippen LogP contribution is 2.33. The number of carbonyl (C=O) groups is 1. The lowest BCUT2D eigenvalue weighted by Crippen LogP contribution is -2.21. The lowest BCUT2D eigenvalue weighted by molar-refractivity contribution is 0.119. The predicted octanol–water partition coefficient (Wildman–Crippen LogP) is 3.78. The summed E-state index contributed by atoms with van der Waals surface area (Å²) in [5, 5.41) is 14.5. The van der Waals surface area contributed by atoms with Crippen LogP contribution in [0.3, 0.4) is 0 Å². The molecule has 2 amide bonds. The Balaban J connectivity index is 2.23. The van der Waals surface area contributed by atoms with Gasteiger partial charge >= 0.3 is 6.03 Å². The Morgan fingerprint density at radius 3 is 2.65 bits per heavy atom. The fraction of sp³-hybridized carbons (Fsp3) is 0.294. The van der Waals surface area contributed by atoms with E-state index in [4.69, 9.17) is 14.7 Å². The number of hydrogen-bond acceptors (Lipinski definition) is 6. The van der Waals surface area contributed by atoms with Crippen molar-refractivity contribution < 1.29 is 14.3 Å². The van der Waals surface area contributed by atoms with Crippen LogP contribution in [0, 0.1) is 18.3 Å². The van der Waals surface area contributed by atoms with Crippen LogP contribution in [0.1, 0.15) is 29.8 Å². The van der Waals surface area contributed by atoms with Crippen molar-refractivity contribution in [2.75, 3.05) is 24.9 Å². The molecule has 26 heavy (non-hydrogen) atoms. The molecule has 0 unspecified atom stereocenters. The average Bonchev–Trinajstić information content (AvgIpc) is 2.64. The van der Waals surface area contributed by atoms with E-state index in [-0.39, 0.29) is 17.5 Å². The number of hydrogen-bond donors (Lipinski definition) is 2. The topological polar surface area (TPSA) is 109 Å². The number of aryl methyl sites for hydroxylation is 1. The highest BCUT2D eigenvalue weighted by molar-refractivity contribution is 9.10. The second-order valence-electron chi connectivity index (χ2n) is 5.33. The summed E-state index contributed by atoms with van der Waals surface area (Å²) in [6.07, 6.45) is 2.72. The number of methoxy groups -OCH3 is 2. The smallest absolute Gasteiger partial charge is 0.323 e. The van der Waals surface area contributed by atoms with Gasteiger partial charge in [-0.3, -0.25) is 4.98 Å². The standard InChI is InChI=1S/C17H18BrN5O3/c1-9-15(18)14(10(2)25-3)13(8-20-9)23-17(24)22-12-5-11(6-19)16(26-4)21-7-12/h5,7-8,10H,1-4H3,(H2,22,23,24)/t10-/m0/s1. The lowest BCUT2D eigenvalue weighted by atomic mass is 10.1. The summed E-state index contributed by atoms with van der Waals surface area (Å²) in [6, 6.07) is 2.95. The summed E-state index contributed by atoms with van der Waals surface area (Å²) >= 11 is 3.49. The van der Waals surface area contributed by atoms with Crippen LogP contribution in [-0.4, -0.2) is 30.2 Å². The Morgan fingerprint density at radius 1 is 1.31 bits per heavy atom. The van der Waals surface area contributed by atoms with Crippen molar-refractivity contribution in [1.82, 2.24) is 9.97 Å². The first-order valence-corrected chi connectivity index (χ1v) is 8.40. The number of ether oxygens (including phenoxy) is 2. The number of nitriles is 1. The zero-order valence-electron chi connectivity index (χ0n) is 14.8. The van der Waals surface area contributed by atoms with E-state index in [0.29, 0.717) is 11.4 Å². The average molecular weight is 420 g/mol. The third kappa shape index (κ3) is 4.28. The predicted molar refractivity (Wildman–Crippen MR) is 100 cm³/mol. The van der Waals surface area contributed by atoms with Crippen molar-refractivity contribution in [3.63, 3.8) is 0 Å². The summed E-state index contributed by atoms with van der Waals surface area (Å²) in [4.78, 5) is 20.6. The van der Waals surface area contributed by atoms with Gasteiger partial charge in [-0.25, -0.2) is 9.78 Å². The van der Waals surface area contributed by atoms with Gasteiger partial charge in [0.05, 0.1) is 42.7 Å². The third-order valence-corrected chi connectivity index (χ3v) is 4.66. The molecule has 136 valence electrons. The van der Waals surface area contributed by atoms with Gasteiger partial charge in [0.25, 0.3) is 0 Å². The minimum atomic E-state index is -0.497. The maximum absolute atomic E-state index is 12.3. The fourth-order valence-corrected chi connectivity index (χ4v) is 2.90. The Bertz CT molecular complexity index is 866. The first-order chi connectivity index (χ1) is 12.4. The van der Waals surface area contributed by atoms with Gasteiger partial charge in [-0.2, -0.15) is 5.26 Å². The van der Waals surface area contributed by atoms with Crippen LogP contribution in [0.15, 0.2) is 22.9 Å². The number of urea groups is 1. The number of pyridine rings is 2. The molecular formula is C17H18BrN5O3. The molecule has 2 rings (SSSR count). The van der Waals surface area contributed by atoms with Gasteiger partial charge in [-0.05, 0) is 35.8 Å². The highest BCUT2D eigenvalue weighted by atomic mass is 79.9. The normalized spacial score (nSPS) is 11.4. The number of rotatable bonds is 5. The van der Waals surface area contributed by atoms with Crippen LogP contribution in [0.2, 0.25) is 0 Å². The Kier molecular flexibility index (Phi) is 6.49. The van der Waals surface area contributed by atoms with Gasteiger partial charge < -0.3 is 20.1 Å². The number of amides is 2.